The predicted molar refractivity (Wildman–Crippen MR) is 72.1 cm³/mol. The van der Waals surface area contributed by atoms with Crippen molar-refractivity contribution in [2.45, 2.75) is 31.7 Å². The van der Waals surface area contributed by atoms with Crippen LogP contribution in [0, 0.1) is 0 Å². The number of benzene rings is 1. The first-order valence-corrected chi connectivity index (χ1v) is 6.28. The Labute approximate surface area is 106 Å². The molecule has 3 nitrogen and oxygen atoms in total. The van der Waals surface area contributed by atoms with E-state index >= 15 is 0 Å². The molecule has 17 heavy (non-hydrogen) atoms. The summed E-state index contributed by atoms with van der Waals surface area (Å²) in [5.74, 6) is -0.0324. The van der Waals surface area contributed by atoms with Crippen LogP contribution in [-0.2, 0) is 0 Å². The molecule has 1 aromatic carbocycles. The van der Waals surface area contributed by atoms with Gasteiger partial charge in [-0.15, -0.1) is 0 Å². The molecule has 0 unspecified atom stereocenters. The highest BCUT2D eigenvalue weighted by atomic mass is 32.1. The summed E-state index contributed by atoms with van der Waals surface area (Å²) in [7, 11) is 0. The molecular formula is C13H16N2OS. The zero-order valence-corrected chi connectivity index (χ0v) is 10.4. The molecule has 0 atom stereocenters. The van der Waals surface area contributed by atoms with Gasteiger partial charge in [0.2, 0.25) is 0 Å². The van der Waals surface area contributed by atoms with Gasteiger partial charge in [0, 0.05) is 17.2 Å². The maximum atomic E-state index is 12.0. The van der Waals surface area contributed by atoms with Gasteiger partial charge in [-0.3, -0.25) is 4.79 Å². The fourth-order valence-electron chi connectivity index (χ4n) is 2.15. The Morgan fingerprint density at radius 2 is 1.94 bits per heavy atom. The standard InChI is InChI=1S/C13H16N2OS/c14-12(17)9-4-3-5-10(8-9)13(16)15-11-6-1-2-7-11/h3-5,8,11H,1-2,6-7H2,(H2,14,17)(H,15,16). The Morgan fingerprint density at radius 3 is 2.59 bits per heavy atom. The van der Waals surface area contributed by atoms with Gasteiger partial charge < -0.3 is 11.1 Å². The van der Waals surface area contributed by atoms with E-state index in [1.165, 1.54) is 12.8 Å². The van der Waals surface area contributed by atoms with Crippen molar-refractivity contribution in [2.24, 2.45) is 5.73 Å². The number of hydrogen-bond acceptors (Lipinski definition) is 2. The third-order valence-electron chi connectivity index (χ3n) is 3.10. The molecular weight excluding hydrogens is 232 g/mol. The molecule has 0 aromatic heterocycles. The van der Waals surface area contributed by atoms with Crippen LogP contribution in [0.5, 0.6) is 0 Å². The molecule has 1 aliphatic carbocycles. The molecule has 90 valence electrons. The number of rotatable bonds is 3. The second-order valence-electron chi connectivity index (χ2n) is 4.40. The van der Waals surface area contributed by atoms with Crippen LogP contribution in [0.3, 0.4) is 0 Å². The molecule has 0 saturated heterocycles. The second kappa shape index (κ2) is 5.27. The van der Waals surface area contributed by atoms with E-state index in [1.807, 2.05) is 6.07 Å². The normalized spacial score (nSPS) is 15.8. The molecule has 0 heterocycles. The molecule has 1 aliphatic rings. The average Bonchev–Trinajstić information content (AvgIpc) is 2.82. The van der Waals surface area contributed by atoms with Crippen molar-refractivity contribution in [1.29, 1.82) is 0 Å². The number of carbonyl (C=O) groups is 1. The van der Waals surface area contributed by atoms with Crippen LogP contribution in [0.4, 0.5) is 0 Å². The van der Waals surface area contributed by atoms with E-state index in [2.05, 4.69) is 5.32 Å². The van der Waals surface area contributed by atoms with Crippen LogP contribution < -0.4 is 11.1 Å². The monoisotopic (exact) mass is 248 g/mol. The van der Waals surface area contributed by atoms with E-state index in [0.29, 0.717) is 16.6 Å². The van der Waals surface area contributed by atoms with Crippen LogP contribution in [0.1, 0.15) is 41.6 Å². The van der Waals surface area contributed by atoms with E-state index in [-0.39, 0.29) is 5.91 Å². The smallest absolute Gasteiger partial charge is 0.251 e. The highest BCUT2D eigenvalue weighted by Gasteiger charge is 2.18. The number of carbonyl (C=O) groups excluding carboxylic acids is 1. The molecule has 4 heteroatoms. The Kier molecular flexibility index (Phi) is 3.74. The predicted octanol–water partition coefficient (Wildman–Crippen LogP) is 1.99. The van der Waals surface area contributed by atoms with Gasteiger partial charge in [-0.1, -0.05) is 37.2 Å². The fraction of sp³-hybridized carbons (Fsp3) is 0.385. The van der Waals surface area contributed by atoms with Crippen LogP contribution >= 0.6 is 12.2 Å². The summed E-state index contributed by atoms with van der Waals surface area (Å²) >= 11 is 4.90. The minimum atomic E-state index is -0.0324. The van der Waals surface area contributed by atoms with Gasteiger partial charge in [0.15, 0.2) is 0 Å². The first-order chi connectivity index (χ1) is 8.16. The first-order valence-electron chi connectivity index (χ1n) is 5.87. The zero-order chi connectivity index (χ0) is 12.3. The minimum absolute atomic E-state index is 0.0324. The van der Waals surface area contributed by atoms with Crippen molar-refractivity contribution in [1.82, 2.24) is 5.32 Å². The van der Waals surface area contributed by atoms with Gasteiger partial charge in [-0.2, -0.15) is 0 Å². The summed E-state index contributed by atoms with van der Waals surface area (Å²) in [5, 5.41) is 3.04. The molecule has 1 aromatic rings. The van der Waals surface area contributed by atoms with Crippen LogP contribution in [0.15, 0.2) is 24.3 Å². The largest absolute Gasteiger partial charge is 0.389 e. The molecule has 3 N–H and O–H groups in total. The molecule has 0 aliphatic heterocycles. The number of thiocarbonyl (C=S) groups is 1. The Balaban J connectivity index is 2.07. The maximum absolute atomic E-state index is 12.0. The van der Waals surface area contributed by atoms with E-state index < -0.39 is 0 Å². The third-order valence-corrected chi connectivity index (χ3v) is 3.34. The van der Waals surface area contributed by atoms with Crippen molar-refractivity contribution < 1.29 is 4.79 Å². The molecule has 1 saturated carbocycles. The van der Waals surface area contributed by atoms with Crippen molar-refractivity contribution in [3.8, 4) is 0 Å². The molecule has 1 amide bonds. The van der Waals surface area contributed by atoms with Gasteiger partial charge in [-0.05, 0) is 25.0 Å². The molecule has 1 fully saturated rings. The Morgan fingerprint density at radius 1 is 1.29 bits per heavy atom. The minimum Gasteiger partial charge on any atom is -0.389 e. The number of nitrogens with two attached hydrogens (primary N) is 1. The highest BCUT2D eigenvalue weighted by Crippen LogP contribution is 2.18. The van der Waals surface area contributed by atoms with Crippen molar-refractivity contribution in [3.63, 3.8) is 0 Å². The lowest BCUT2D eigenvalue weighted by atomic mass is 10.1. The number of nitrogens with one attached hydrogen (secondary N) is 1. The van der Waals surface area contributed by atoms with Crippen molar-refractivity contribution in [3.05, 3.63) is 35.4 Å². The van der Waals surface area contributed by atoms with Crippen LogP contribution in [0.2, 0.25) is 0 Å². The topological polar surface area (TPSA) is 55.1 Å². The SMILES string of the molecule is NC(=S)c1cccc(C(=O)NC2CCCC2)c1. The van der Waals surface area contributed by atoms with E-state index in [4.69, 9.17) is 18.0 Å². The second-order valence-corrected chi connectivity index (χ2v) is 4.84. The van der Waals surface area contributed by atoms with Crippen LogP contribution in [-0.4, -0.2) is 16.9 Å². The van der Waals surface area contributed by atoms with Crippen LogP contribution in [0.25, 0.3) is 0 Å². The lowest BCUT2D eigenvalue weighted by molar-refractivity contribution is 0.0938. The summed E-state index contributed by atoms with van der Waals surface area (Å²) in [6.45, 7) is 0. The van der Waals surface area contributed by atoms with Gasteiger partial charge in [-0.25, -0.2) is 0 Å². The lowest BCUT2D eigenvalue weighted by Gasteiger charge is -2.12. The van der Waals surface area contributed by atoms with E-state index in [0.717, 1.165) is 18.4 Å². The van der Waals surface area contributed by atoms with Crippen molar-refractivity contribution in [2.75, 3.05) is 0 Å². The third kappa shape index (κ3) is 3.03. The zero-order valence-electron chi connectivity index (χ0n) is 9.61. The Hall–Kier alpha value is -1.42. The molecule has 0 radical (unpaired) electrons. The molecule has 0 spiro atoms. The summed E-state index contributed by atoms with van der Waals surface area (Å²) in [4.78, 5) is 12.3. The Bertz CT molecular complexity index is 439. The maximum Gasteiger partial charge on any atom is 0.251 e. The quantitative estimate of drug-likeness (QED) is 0.804. The van der Waals surface area contributed by atoms with Gasteiger partial charge >= 0.3 is 0 Å². The molecule has 2 rings (SSSR count). The van der Waals surface area contributed by atoms with E-state index in [9.17, 15) is 4.79 Å². The summed E-state index contributed by atoms with van der Waals surface area (Å²) in [5.41, 5.74) is 6.91. The number of hydrogen-bond donors (Lipinski definition) is 2. The summed E-state index contributed by atoms with van der Waals surface area (Å²) in [6.07, 6.45) is 4.58. The lowest BCUT2D eigenvalue weighted by Crippen LogP contribution is -2.32. The van der Waals surface area contributed by atoms with Gasteiger partial charge in [0.05, 0.1) is 0 Å². The molecule has 0 bridgehead atoms. The fourth-order valence-corrected chi connectivity index (χ4v) is 2.28. The van der Waals surface area contributed by atoms with Crippen molar-refractivity contribution >= 4 is 23.1 Å². The summed E-state index contributed by atoms with van der Waals surface area (Å²) < 4.78 is 0. The van der Waals surface area contributed by atoms with Gasteiger partial charge in [0.25, 0.3) is 5.91 Å². The van der Waals surface area contributed by atoms with Gasteiger partial charge in [0.1, 0.15) is 4.99 Å². The number of amides is 1. The van der Waals surface area contributed by atoms with E-state index in [1.54, 1.807) is 18.2 Å². The average molecular weight is 248 g/mol. The first kappa shape index (κ1) is 12.0. The summed E-state index contributed by atoms with van der Waals surface area (Å²) in [6, 6.07) is 7.47. The highest BCUT2D eigenvalue weighted by molar-refractivity contribution is 7.80.